The molecule has 180 valence electrons. The Morgan fingerprint density at radius 3 is 2.52 bits per heavy atom. The molecule has 0 spiro atoms. The van der Waals surface area contributed by atoms with Crippen molar-refractivity contribution in [3.05, 3.63) is 54.1 Å². The highest BCUT2D eigenvalue weighted by Gasteiger charge is 2.21. The second-order valence-electron chi connectivity index (χ2n) is 7.86. The van der Waals surface area contributed by atoms with Crippen LogP contribution in [0.1, 0.15) is 12.5 Å². The monoisotopic (exact) mass is 567 g/mol. The van der Waals surface area contributed by atoms with Gasteiger partial charge in [-0.05, 0) is 36.8 Å². The maximum atomic E-state index is 11.7. The SMILES string of the molecule is CCNC(=NCc1cccc(OCC(=O)N(C)C)c1)N1CCN(c2ccccc2O)CC1.I. The van der Waals surface area contributed by atoms with E-state index >= 15 is 0 Å². The molecular formula is C24H34IN5O3. The number of hydrogen-bond donors (Lipinski definition) is 2. The number of aliphatic imine (C=N–C) groups is 1. The second-order valence-corrected chi connectivity index (χ2v) is 7.86. The van der Waals surface area contributed by atoms with E-state index in [2.05, 4.69) is 22.0 Å². The predicted octanol–water partition coefficient (Wildman–Crippen LogP) is 2.76. The van der Waals surface area contributed by atoms with Crippen molar-refractivity contribution < 1.29 is 14.6 Å². The summed E-state index contributed by atoms with van der Waals surface area (Å²) in [4.78, 5) is 22.5. The number of nitrogens with one attached hydrogen (secondary N) is 1. The number of halogens is 1. The molecule has 1 aliphatic rings. The number of hydrogen-bond acceptors (Lipinski definition) is 5. The molecular weight excluding hydrogens is 533 g/mol. The number of aromatic hydroxyl groups is 1. The Balaban J connectivity index is 0.00000385. The molecule has 0 radical (unpaired) electrons. The van der Waals surface area contributed by atoms with Crippen LogP contribution in [0.5, 0.6) is 11.5 Å². The number of para-hydroxylation sites is 2. The van der Waals surface area contributed by atoms with Crippen molar-refractivity contribution in [3.8, 4) is 11.5 Å². The largest absolute Gasteiger partial charge is 0.506 e. The van der Waals surface area contributed by atoms with Crippen molar-refractivity contribution in [2.75, 3.05) is 58.3 Å². The fourth-order valence-electron chi connectivity index (χ4n) is 3.49. The fourth-order valence-corrected chi connectivity index (χ4v) is 3.49. The minimum atomic E-state index is -0.0779. The number of phenolic OH excluding ortho intramolecular Hbond substituents is 1. The molecule has 0 saturated carbocycles. The van der Waals surface area contributed by atoms with Crippen LogP contribution in [0.3, 0.4) is 0 Å². The average Bonchev–Trinajstić information content (AvgIpc) is 2.81. The zero-order chi connectivity index (χ0) is 22.9. The summed E-state index contributed by atoms with van der Waals surface area (Å²) in [6.07, 6.45) is 0. The molecule has 2 aromatic rings. The van der Waals surface area contributed by atoms with Crippen molar-refractivity contribution in [1.82, 2.24) is 15.1 Å². The number of phenols is 1. The van der Waals surface area contributed by atoms with Crippen LogP contribution < -0.4 is 15.0 Å². The average molecular weight is 567 g/mol. The van der Waals surface area contributed by atoms with E-state index in [9.17, 15) is 9.90 Å². The van der Waals surface area contributed by atoms with Gasteiger partial charge in [0.05, 0.1) is 12.2 Å². The highest BCUT2D eigenvalue weighted by molar-refractivity contribution is 14.0. The van der Waals surface area contributed by atoms with E-state index in [1.54, 1.807) is 20.2 Å². The summed E-state index contributed by atoms with van der Waals surface area (Å²) >= 11 is 0. The van der Waals surface area contributed by atoms with E-state index in [1.807, 2.05) is 42.5 Å². The number of guanidine groups is 1. The minimum Gasteiger partial charge on any atom is -0.506 e. The lowest BCUT2D eigenvalue weighted by molar-refractivity contribution is -0.130. The van der Waals surface area contributed by atoms with Gasteiger partial charge in [0.15, 0.2) is 12.6 Å². The Morgan fingerprint density at radius 1 is 1.12 bits per heavy atom. The van der Waals surface area contributed by atoms with Gasteiger partial charge in [-0.1, -0.05) is 24.3 Å². The topological polar surface area (TPSA) is 80.6 Å². The molecule has 0 aromatic heterocycles. The van der Waals surface area contributed by atoms with Crippen LogP contribution in [-0.4, -0.2) is 80.2 Å². The summed E-state index contributed by atoms with van der Waals surface area (Å²) in [5.74, 6) is 1.77. The van der Waals surface area contributed by atoms with Gasteiger partial charge in [0, 0.05) is 46.8 Å². The van der Waals surface area contributed by atoms with Crippen LogP contribution in [0.2, 0.25) is 0 Å². The minimum absolute atomic E-state index is 0. The molecule has 1 saturated heterocycles. The number of likely N-dealkylation sites (N-methyl/N-ethyl adjacent to an activating group) is 1. The third-order valence-electron chi connectivity index (χ3n) is 5.31. The Morgan fingerprint density at radius 2 is 1.85 bits per heavy atom. The number of amides is 1. The van der Waals surface area contributed by atoms with Gasteiger partial charge in [-0.2, -0.15) is 0 Å². The smallest absolute Gasteiger partial charge is 0.259 e. The zero-order valence-electron chi connectivity index (χ0n) is 19.5. The number of ether oxygens (including phenoxy) is 1. The van der Waals surface area contributed by atoms with Gasteiger partial charge in [0.1, 0.15) is 11.5 Å². The normalized spacial score (nSPS) is 13.8. The van der Waals surface area contributed by atoms with Crippen LogP contribution >= 0.6 is 24.0 Å². The van der Waals surface area contributed by atoms with Crippen molar-refractivity contribution in [2.24, 2.45) is 4.99 Å². The van der Waals surface area contributed by atoms with E-state index in [4.69, 9.17) is 9.73 Å². The van der Waals surface area contributed by atoms with E-state index in [0.29, 0.717) is 18.0 Å². The lowest BCUT2D eigenvalue weighted by Gasteiger charge is -2.37. The summed E-state index contributed by atoms with van der Waals surface area (Å²) in [7, 11) is 3.42. The summed E-state index contributed by atoms with van der Waals surface area (Å²) < 4.78 is 5.61. The van der Waals surface area contributed by atoms with Gasteiger partial charge in [0.25, 0.3) is 5.91 Å². The molecule has 33 heavy (non-hydrogen) atoms. The molecule has 1 aliphatic heterocycles. The number of carbonyl (C=O) groups excluding carboxylic acids is 1. The van der Waals surface area contributed by atoms with Crippen molar-refractivity contribution in [3.63, 3.8) is 0 Å². The molecule has 0 bridgehead atoms. The van der Waals surface area contributed by atoms with E-state index in [0.717, 1.165) is 49.9 Å². The molecule has 2 N–H and O–H groups in total. The second kappa shape index (κ2) is 13.1. The first kappa shape index (κ1) is 26.6. The quantitative estimate of drug-likeness (QED) is 0.305. The summed E-state index contributed by atoms with van der Waals surface area (Å²) in [6, 6.07) is 15.1. The molecule has 3 rings (SSSR count). The maximum Gasteiger partial charge on any atom is 0.259 e. The molecule has 0 aliphatic carbocycles. The molecule has 2 aromatic carbocycles. The maximum absolute atomic E-state index is 11.7. The lowest BCUT2D eigenvalue weighted by atomic mass is 10.2. The van der Waals surface area contributed by atoms with E-state index in [1.165, 1.54) is 4.90 Å². The highest BCUT2D eigenvalue weighted by atomic mass is 127. The van der Waals surface area contributed by atoms with Crippen LogP contribution in [-0.2, 0) is 11.3 Å². The Hall–Kier alpha value is -2.69. The number of anilines is 1. The Bertz CT molecular complexity index is 930. The summed E-state index contributed by atoms with van der Waals surface area (Å²) in [6.45, 7) is 6.63. The van der Waals surface area contributed by atoms with Gasteiger partial charge >= 0.3 is 0 Å². The first-order valence-electron chi connectivity index (χ1n) is 11.0. The van der Waals surface area contributed by atoms with Crippen molar-refractivity contribution in [1.29, 1.82) is 0 Å². The highest BCUT2D eigenvalue weighted by Crippen LogP contribution is 2.27. The standard InChI is InChI=1S/C24H33N5O3.HI/c1-4-25-24(29-14-12-28(13-15-29)21-10-5-6-11-22(21)30)26-17-19-8-7-9-20(16-19)32-18-23(31)27(2)3;/h5-11,16,30H,4,12-15,17-18H2,1-3H3,(H,25,26);1H. The van der Waals surface area contributed by atoms with Crippen LogP contribution in [0.25, 0.3) is 0 Å². The molecule has 8 nitrogen and oxygen atoms in total. The van der Waals surface area contributed by atoms with Crippen molar-refractivity contribution >= 4 is 41.5 Å². The molecule has 9 heteroatoms. The lowest BCUT2D eigenvalue weighted by Crippen LogP contribution is -2.52. The van der Waals surface area contributed by atoms with Gasteiger partial charge in [0.2, 0.25) is 0 Å². The first-order valence-corrected chi connectivity index (χ1v) is 11.0. The number of rotatable bonds is 7. The Kier molecular flexibility index (Phi) is 10.6. The van der Waals surface area contributed by atoms with E-state index < -0.39 is 0 Å². The molecule has 0 atom stereocenters. The van der Waals surface area contributed by atoms with Gasteiger partial charge in [-0.25, -0.2) is 4.99 Å². The molecule has 1 amide bonds. The van der Waals surface area contributed by atoms with Gasteiger partial charge in [-0.3, -0.25) is 4.79 Å². The van der Waals surface area contributed by atoms with Crippen LogP contribution in [0.15, 0.2) is 53.5 Å². The number of carbonyl (C=O) groups is 1. The summed E-state index contributed by atoms with van der Waals surface area (Å²) in [5.41, 5.74) is 1.89. The van der Waals surface area contributed by atoms with Crippen LogP contribution in [0.4, 0.5) is 5.69 Å². The van der Waals surface area contributed by atoms with E-state index in [-0.39, 0.29) is 36.5 Å². The van der Waals surface area contributed by atoms with Gasteiger partial charge in [-0.15, -0.1) is 24.0 Å². The van der Waals surface area contributed by atoms with Gasteiger partial charge < -0.3 is 29.9 Å². The Labute approximate surface area is 213 Å². The van der Waals surface area contributed by atoms with Crippen LogP contribution in [0, 0.1) is 0 Å². The molecule has 1 fully saturated rings. The third-order valence-corrected chi connectivity index (χ3v) is 5.31. The summed E-state index contributed by atoms with van der Waals surface area (Å²) in [5, 5.41) is 13.5. The number of nitrogens with zero attached hydrogens (tertiary/aromatic N) is 4. The zero-order valence-corrected chi connectivity index (χ0v) is 21.9. The molecule has 1 heterocycles. The number of benzene rings is 2. The van der Waals surface area contributed by atoms with Crippen molar-refractivity contribution in [2.45, 2.75) is 13.5 Å². The number of piperazine rings is 1. The first-order chi connectivity index (χ1) is 15.5. The third kappa shape index (κ3) is 7.69. The fraction of sp³-hybridized carbons (Fsp3) is 0.417. The predicted molar refractivity (Wildman–Crippen MR) is 143 cm³/mol. The molecule has 0 unspecified atom stereocenters.